The number of hydrogen-bond acceptors (Lipinski definition) is 2. The molecule has 1 aliphatic rings. The lowest BCUT2D eigenvalue weighted by atomic mass is 10.1. The second-order valence-electron chi connectivity index (χ2n) is 3.24. The molecule has 1 unspecified atom stereocenters. The Bertz CT molecular complexity index is 494. The maximum Gasteiger partial charge on any atom is 0.134 e. The molecule has 1 heterocycles. The van der Waals surface area contributed by atoms with Crippen molar-refractivity contribution < 1.29 is 9.52 Å². The Morgan fingerprint density at radius 2 is 2.23 bits per heavy atom. The van der Waals surface area contributed by atoms with Crippen LogP contribution in [0.1, 0.15) is 17.2 Å². The molecular formula is C11H8O2. The van der Waals surface area contributed by atoms with Crippen molar-refractivity contribution in [2.24, 2.45) is 0 Å². The van der Waals surface area contributed by atoms with Crippen LogP contribution in [0.3, 0.4) is 0 Å². The maximum absolute atomic E-state index is 9.55. The van der Waals surface area contributed by atoms with Gasteiger partial charge in [-0.05, 0) is 29.3 Å². The Morgan fingerprint density at radius 3 is 3.15 bits per heavy atom. The number of aliphatic hydroxyl groups excluding tert-OH is 1. The van der Waals surface area contributed by atoms with Crippen molar-refractivity contribution in [2.45, 2.75) is 6.10 Å². The highest BCUT2D eigenvalue weighted by Crippen LogP contribution is 2.31. The second kappa shape index (κ2) is 2.24. The van der Waals surface area contributed by atoms with Crippen molar-refractivity contribution in [1.82, 2.24) is 0 Å². The van der Waals surface area contributed by atoms with Gasteiger partial charge in [-0.3, -0.25) is 0 Å². The van der Waals surface area contributed by atoms with Crippen LogP contribution in [-0.2, 0) is 0 Å². The Balaban J connectivity index is 2.38. The standard InChI is InChI=1S/C11H8O2/c12-10-2-1-7-5-8-3-4-13-11(8)6-9(7)10/h1-6,10,12H. The van der Waals surface area contributed by atoms with Gasteiger partial charge < -0.3 is 9.52 Å². The SMILES string of the molecule is OC1C=Cc2cc3ccoc3cc21. The summed E-state index contributed by atoms with van der Waals surface area (Å²) >= 11 is 0. The van der Waals surface area contributed by atoms with Crippen LogP contribution in [0.5, 0.6) is 0 Å². The van der Waals surface area contributed by atoms with Crippen molar-refractivity contribution in [3.63, 3.8) is 0 Å². The molecule has 0 radical (unpaired) electrons. The smallest absolute Gasteiger partial charge is 0.134 e. The van der Waals surface area contributed by atoms with Crippen molar-refractivity contribution in [3.05, 3.63) is 41.7 Å². The summed E-state index contributed by atoms with van der Waals surface area (Å²) in [4.78, 5) is 0. The number of fused-ring (bicyclic) bond motifs is 2. The zero-order chi connectivity index (χ0) is 8.84. The largest absolute Gasteiger partial charge is 0.464 e. The van der Waals surface area contributed by atoms with Crippen molar-refractivity contribution >= 4 is 17.0 Å². The lowest BCUT2D eigenvalue weighted by Crippen LogP contribution is -1.89. The number of rotatable bonds is 0. The van der Waals surface area contributed by atoms with Gasteiger partial charge in [0.05, 0.1) is 12.4 Å². The van der Waals surface area contributed by atoms with E-state index in [1.165, 1.54) is 0 Å². The van der Waals surface area contributed by atoms with E-state index in [1.54, 1.807) is 12.3 Å². The molecule has 64 valence electrons. The molecule has 2 heteroatoms. The maximum atomic E-state index is 9.55. The molecule has 0 amide bonds. The minimum atomic E-state index is -0.468. The van der Waals surface area contributed by atoms with Gasteiger partial charge in [0.25, 0.3) is 0 Å². The van der Waals surface area contributed by atoms with Crippen LogP contribution < -0.4 is 0 Å². The first-order chi connectivity index (χ1) is 6.34. The summed E-state index contributed by atoms with van der Waals surface area (Å²) in [5.41, 5.74) is 2.85. The number of aliphatic hydroxyl groups is 1. The van der Waals surface area contributed by atoms with Crippen molar-refractivity contribution in [3.8, 4) is 0 Å². The van der Waals surface area contributed by atoms with E-state index in [4.69, 9.17) is 4.42 Å². The molecule has 3 rings (SSSR count). The third-order valence-corrected chi connectivity index (χ3v) is 2.43. The molecule has 2 aromatic rings. The van der Waals surface area contributed by atoms with Crippen LogP contribution in [0.15, 0.2) is 35.0 Å². The quantitative estimate of drug-likeness (QED) is 0.662. The summed E-state index contributed by atoms with van der Waals surface area (Å²) in [6, 6.07) is 5.85. The van der Waals surface area contributed by atoms with Gasteiger partial charge in [0.2, 0.25) is 0 Å². The van der Waals surface area contributed by atoms with Crippen LogP contribution >= 0.6 is 0 Å². The minimum absolute atomic E-state index is 0.468. The summed E-state index contributed by atoms with van der Waals surface area (Å²) in [6.07, 6.45) is 4.91. The lowest BCUT2D eigenvalue weighted by molar-refractivity contribution is 0.232. The van der Waals surface area contributed by atoms with Crippen LogP contribution in [0, 0.1) is 0 Å². The average molecular weight is 172 g/mol. The predicted molar refractivity (Wildman–Crippen MR) is 50.2 cm³/mol. The minimum Gasteiger partial charge on any atom is -0.464 e. The van der Waals surface area contributed by atoms with Crippen LogP contribution in [0.25, 0.3) is 17.0 Å². The first-order valence-corrected chi connectivity index (χ1v) is 4.22. The molecule has 1 aromatic carbocycles. The lowest BCUT2D eigenvalue weighted by Gasteiger charge is -2.02. The third kappa shape index (κ3) is 0.863. The Morgan fingerprint density at radius 1 is 1.31 bits per heavy atom. The Labute approximate surface area is 75.1 Å². The van der Waals surface area contributed by atoms with Crippen molar-refractivity contribution in [1.29, 1.82) is 0 Å². The van der Waals surface area contributed by atoms with E-state index in [2.05, 4.69) is 0 Å². The number of hydrogen-bond donors (Lipinski definition) is 1. The Kier molecular flexibility index (Phi) is 1.19. The third-order valence-electron chi connectivity index (χ3n) is 2.43. The monoisotopic (exact) mass is 172 g/mol. The van der Waals surface area contributed by atoms with E-state index >= 15 is 0 Å². The second-order valence-corrected chi connectivity index (χ2v) is 3.24. The summed E-state index contributed by atoms with van der Waals surface area (Å²) in [5.74, 6) is 0. The first kappa shape index (κ1) is 6.92. The van der Waals surface area contributed by atoms with Crippen LogP contribution in [0.2, 0.25) is 0 Å². The summed E-state index contributed by atoms with van der Waals surface area (Å²) in [5, 5.41) is 10.6. The van der Waals surface area contributed by atoms with Gasteiger partial charge in [0.15, 0.2) is 0 Å². The molecule has 1 aliphatic carbocycles. The molecule has 0 saturated heterocycles. The van der Waals surface area contributed by atoms with E-state index in [9.17, 15) is 5.11 Å². The van der Waals surface area contributed by atoms with Gasteiger partial charge in [-0.25, -0.2) is 0 Å². The molecule has 1 N–H and O–H groups in total. The normalized spacial score (nSPS) is 19.6. The topological polar surface area (TPSA) is 33.4 Å². The summed E-state index contributed by atoms with van der Waals surface area (Å²) < 4.78 is 5.25. The molecule has 2 nitrogen and oxygen atoms in total. The van der Waals surface area contributed by atoms with Gasteiger partial charge in [-0.2, -0.15) is 0 Å². The van der Waals surface area contributed by atoms with E-state index < -0.39 is 6.10 Å². The molecule has 0 bridgehead atoms. The van der Waals surface area contributed by atoms with Gasteiger partial charge >= 0.3 is 0 Å². The summed E-state index contributed by atoms with van der Waals surface area (Å²) in [7, 11) is 0. The highest BCUT2D eigenvalue weighted by molar-refractivity contribution is 5.83. The van der Waals surface area contributed by atoms with Crippen molar-refractivity contribution in [2.75, 3.05) is 0 Å². The van der Waals surface area contributed by atoms with Gasteiger partial charge in [0, 0.05) is 5.39 Å². The van der Waals surface area contributed by atoms with E-state index in [-0.39, 0.29) is 0 Å². The molecule has 0 fully saturated rings. The zero-order valence-electron chi connectivity index (χ0n) is 6.90. The van der Waals surface area contributed by atoms with Crippen LogP contribution in [0.4, 0.5) is 0 Å². The fraction of sp³-hybridized carbons (Fsp3) is 0.0909. The van der Waals surface area contributed by atoms with E-state index in [1.807, 2.05) is 24.3 Å². The average Bonchev–Trinajstić information content (AvgIpc) is 2.70. The molecule has 0 aliphatic heterocycles. The Hall–Kier alpha value is -1.54. The zero-order valence-corrected chi connectivity index (χ0v) is 6.90. The molecule has 0 saturated carbocycles. The van der Waals surface area contributed by atoms with Gasteiger partial charge in [-0.1, -0.05) is 12.2 Å². The number of benzene rings is 1. The highest BCUT2D eigenvalue weighted by atomic mass is 16.3. The fourth-order valence-corrected chi connectivity index (χ4v) is 1.74. The van der Waals surface area contributed by atoms with E-state index in [0.717, 1.165) is 22.1 Å². The van der Waals surface area contributed by atoms with Gasteiger partial charge in [-0.15, -0.1) is 0 Å². The molecular weight excluding hydrogens is 164 g/mol. The molecule has 13 heavy (non-hydrogen) atoms. The first-order valence-electron chi connectivity index (χ1n) is 4.22. The fourth-order valence-electron chi connectivity index (χ4n) is 1.74. The highest BCUT2D eigenvalue weighted by Gasteiger charge is 2.15. The van der Waals surface area contributed by atoms with Crippen LogP contribution in [-0.4, -0.2) is 5.11 Å². The molecule has 1 aromatic heterocycles. The summed E-state index contributed by atoms with van der Waals surface area (Å²) in [6.45, 7) is 0. The number of furan rings is 1. The van der Waals surface area contributed by atoms with E-state index in [0.29, 0.717) is 0 Å². The molecule has 1 atom stereocenters. The molecule has 0 spiro atoms. The predicted octanol–water partition coefficient (Wildman–Crippen LogP) is 2.49. The van der Waals surface area contributed by atoms with Gasteiger partial charge in [0.1, 0.15) is 5.58 Å².